The number of carbonyl (C=O) groups excluding carboxylic acids is 1. The Morgan fingerprint density at radius 3 is 2.67 bits per heavy atom. The van der Waals surface area contributed by atoms with Gasteiger partial charge in [0.2, 0.25) is 5.91 Å². The molecule has 0 unspecified atom stereocenters. The zero-order valence-electron chi connectivity index (χ0n) is 11.9. The molecule has 2 rings (SSSR count). The molecule has 1 aromatic carbocycles. The first-order valence-electron chi connectivity index (χ1n) is 6.79. The van der Waals surface area contributed by atoms with Crippen LogP contribution in [0, 0.1) is 0 Å². The fourth-order valence-electron chi connectivity index (χ4n) is 2.39. The lowest BCUT2D eigenvalue weighted by molar-refractivity contribution is -0.153. The second-order valence-corrected chi connectivity index (χ2v) is 4.89. The number of hydrogen-bond donors (Lipinski definition) is 1. The van der Waals surface area contributed by atoms with E-state index < -0.39 is 12.0 Å². The van der Waals surface area contributed by atoms with Gasteiger partial charge in [0.05, 0.1) is 13.2 Å². The van der Waals surface area contributed by atoms with E-state index in [-0.39, 0.29) is 12.5 Å². The molecule has 114 valence electrons. The Hall–Kier alpha value is -1.92. The van der Waals surface area contributed by atoms with Gasteiger partial charge in [0.25, 0.3) is 0 Å². The molecule has 21 heavy (non-hydrogen) atoms. The average Bonchev–Trinajstić information content (AvgIpc) is 2.50. The number of nitrogens with zero attached hydrogens (tertiary/aromatic N) is 1. The fourth-order valence-corrected chi connectivity index (χ4v) is 2.39. The topological polar surface area (TPSA) is 76.1 Å². The lowest BCUT2D eigenvalue weighted by atomic mass is 9.94. The van der Waals surface area contributed by atoms with Crippen LogP contribution in [0.15, 0.2) is 24.3 Å². The molecular weight excluding hydrogens is 274 g/mol. The number of ether oxygens (including phenoxy) is 2. The van der Waals surface area contributed by atoms with Gasteiger partial charge in [-0.15, -0.1) is 0 Å². The first-order chi connectivity index (χ1) is 10.1. The molecule has 1 N–H and O–H groups in total. The number of aliphatic carboxylic acids is 1. The van der Waals surface area contributed by atoms with E-state index in [1.807, 2.05) is 24.3 Å². The quantitative estimate of drug-likeness (QED) is 0.781. The van der Waals surface area contributed by atoms with Crippen molar-refractivity contribution in [2.45, 2.75) is 19.0 Å². The van der Waals surface area contributed by atoms with Gasteiger partial charge in [-0.1, -0.05) is 24.3 Å². The summed E-state index contributed by atoms with van der Waals surface area (Å²) in [5, 5.41) is 9.34. The van der Waals surface area contributed by atoms with Crippen molar-refractivity contribution in [1.29, 1.82) is 0 Å². The van der Waals surface area contributed by atoms with Gasteiger partial charge in [0.1, 0.15) is 12.6 Å². The smallest absolute Gasteiger partial charge is 0.326 e. The highest BCUT2D eigenvalue weighted by atomic mass is 16.5. The van der Waals surface area contributed by atoms with Gasteiger partial charge in [-0.3, -0.25) is 4.79 Å². The lowest BCUT2D eigenvalue weighted by Crippen LogP contribution is -2.49. The normalized spacial score (nSPS) is 17.4. The summed E-state index contributed by atoms with van der Waals surface area (Å²) in [5.74, 6) is -1.30. The number of amides is 1. The van der Waals surface area contributed by atoms with Gasteiger partial charge in [-0.25, -0.2) is 4.79 Å². The third kappa shape index (κ3) is 3.80. The van der Waals surface area contributed by atoms with Crippen LogP contribution in [-0.2, 0) is 32.0 Å². The summed E-state index contributed by atoms with van der Waals surface area (Å²) in [6.45, 7) is 0.887. The van der Waals surface area contributed by atoms with E-state index in [2.05, 4.69) is 0 Å². The maximum absolute atomic E-state index is 12.2. The van der Waals surface area contributed by atoms with Gasteiger partial charge in [0.15, 0.2) is 0 Å². The molecule has 0 aromatic heterocycles. The van der Waals surface area contributed by atoms with Crippen LogP contribution >= 0.6 is 0 Å². The van der Waals surface area contributed by atoms with E-state index >= 15 is 0 Å². The number of hydrogen-bond acceptors (Lipinski definition) is 4. The van der Waals surface area contributed by atoms with Crippen molar-refractivity contribution in [3.05, 3.63) is 35.4 Å². The molecule has 1 amide bonds. The highest BCUT2D eigenvalue weighted by Gasteiger charge is 2.34. The number of carboxylic acid groups (broad SMARTS) is 1. The van der Waals surface area contributed by atoms with Gasteiger partial charge >= 0.3 is 5.97 Å². The highest BCUT2D eigenvalue weighted by Crippen LogP contribution is 2.23. The molecule has 0 bridgehead atoms. The van der Waals surface area contributed by atoms with E-state index in [0.717, 1.165) is 11.1 Å². The average molecular weight is 293 g/mol. The standard InChI is InChI=1S/C15H19NO5/c1-20-6-7-21-10-14(17)16-9-12-5-3-2-4-11(12)8-13(16)15(18)19/h2-5,13H,6-10H2,1H3,(H,18,19)/t13-/m0/s1. The van der Waals surface area contributed by atoms with Crippen LogP contribution in [0.3, 0.4) is 0 Å². The van der Waals surface area contributed by atoms with Crippen LogP contribution in [-0.4, -0.2) is 54.9 Å². The Kier molecular flexibility index (Phi) is 5.30. The Labute approximate surface area is 123 Å². The minimum atomic E-state index is -0.991. The van der Waals surface area contributed by atoms with Crippen molar-refractivity contribution < 1.29 is 24.2 Å². The first kappa shape index (κ1) is 15.5. The van der Waals surface area contributed by atoms with Gasteiger partial charge in [0, 0.05) is 20.1 Å². The Balaban J connectivity index is 2.06. The molecule has 0 saturated carbocycles. The molecule has 0 spiro atoms. The monoisotopic (exact) mass is 293 g/mol. The summed E-state index contributed by atoms with van der Waals surface area (Å²) in [5.41, 5.74) is 1.97. The SMILES string of the molecule is COCCOCC(=O)N1Cc2ccccc2C[C@H]1C(=O)O. The predicted molar refractivity (Wildman–Crippen MR) is 74.8 cm³/mol. The van der Waals surface area contributed by atoms with Crippen molar-refractivity contribution in [2.75, 3.05) is 26.9 Å². The summed E-state index contributed by atoms with van der Waals surface area (Å²) >= 11 is 0. The molecule has 0 fully saturated rings. The molecule has 1 aromatic rings. The molecule has 1 aliphatic rings. The molecule has 1 heterocycles. The lowest BCUT2D eigenvalue weighted by Gasteiger charge is -2.34. The van der Waals surface area contributed by atoms with E-state index in [1.54, 1.807) is 7.11 Å². The largest absolute Gasteiger partial charge is 0.480 e. The number of benzene rings is 1. The Bertz CT molecular complexity index is 517. The van der Waals surface area contributed by atoms with Gasteiger partial charge in [-0.05, 0) is 11.1 Å². The fraction of sp³-hybridized carbons (Fsp3) is 0.467. The van der Waals surface area contributed by atoms with E-state index in [0.29, 0.717) is 26.2 Å². The van der Waals surface area contributed by atoms with E-state index in [9.17, 15) is 14.7 Å². The van der Waals surface area contributed by atoms with Crippen molar-refractivity contribution >= 4 is 11.9 Å². The molecular formula is C15H19NO5. The number of rotatable bonds is 6. The van der Waals surface area contributed by atoms with Crippen LogP contribution in [0.25, 0.3) is 0 Å². The highest BCUT2D eigenvalue weighted by molar-refractivity contribution is 5.85. The third-order valence-corrected chi connectivity index (χ3v) is 3.51. The zero-order valence-corrected chi connectivity index (χ0v) is 11.9. The van der Waals surface area contributed by atoms with Crippen LogP contribution in [0.1, 0.15) is 11.1 Å². The molecule has 0 radical (unpaired) electrons. The van der Waals surface area contributed by atoms with Crippen molar-refractivity contribution in [3.63, 3.8) is 0 Å². The van der Waals surface area contributed by atoms with Crippen LogP contribution in [0.4, 0.5) is 0 Å². The molecule has 0 saturated heterocycles. The summed E-state index contributed by atoms with van der Waals surface area (Å²) in [6, 6.07) is 6.75. The maximum Gasteiger partial charge on any atom is 0.326 e. The minimum Gasteiger partial charge on any atom is -0.480 e. The first-order valence-corrected chi connectivity index (χ1v) is 6.79. The summed E-state index contributed by atoms with van der Waals surface area (Å²) in [7, 11) is 1.55. The zero-order chi connectivity index (χ0) is 15.2. The third-order valence-electron chi connectivity index (χ3n) is 3.51. The minimum absolute atomic E-state index is 0.130. The molecule has 0 aliphatic carbocycles. The second-order valence-electron chi connectivity index (χ2n) is 4.89. The predicted octanol–water partition coefficient (Wildman–Crippen LogP) is 0.687. The van der Waals surface area contributed by atoms with Crippen molar-refractivity contribution in [1.82, 2.24) is 4.90 Å². The molecule has 6 nitrogen and oxygen atoms in total. The van der Waals surface area contributed by atoms with Crippen molar-refractivity contribution in [2.24, 2.45) is 0 Å². The van der Waals surface area contributed by atoms with Crippen molar-refractivity contribution in [3.8, 4) is 0 Å². The van der Waals surface area contributed by atoms with Gasteiger partial charge in [-0.2, -0.15) is 0 Å². The number of methoxy groups -OCH3 is 1. The Morgan fingerprint density at radius 2 is 2.00 bits per heavy atom. The van der Waals surface area contributed by atoms with Crippen LogP contribution < -0.4 is 0 Å². The number of carboxylic acids is 1. The summed E-state index contributed by atoms with van der Waals surface area (Å²) in [6.07, 6.45) is 0.329. The number of carbonyl (C=O) groups is 2. The van der Waals surface area contributed by atoms with E-state index in [1.165, 1.54) is 4.90 Å². The second kappa shape index (κ2) is 7.19. The summed E-state index contributed by atoms with van der Waals surface area (Å²) in [4.78, 5) is 25.0. The van der Waals surface area contributed by atoms with E-state index in [4.69, 9.17) is 9.47 Å². The molecule has 1 atom stereocenters. The van der Waals surface area contributed by atoms with Crippen LogP contribution in [0.5, 0.6) is 0 Å². The maximum atomic E-state index is 12.2. The Morgan fingerprint density at radius 1 is 1.29 bits per heavy atom. The molecule has 1 aliphatic heterocycles. The number of fused-ring (bicyclic) bond motifs is 1. The molecule has 6 heteroatoms. The summed E-state index contributed by atoms with van der Waals surface area (Å²) < 4.78 is 10.0. The van der Waals surface area contributed by atoms with Gasteiger partial charge < -0.3 is 19.5 Å². The van der Waals surface area contributed by atoms with Crippen LogP contribution in [0.2, 0.25) is 0 Å².